The molecule has 1 aliphatic carbocycles. The summed E-state index contributed by atoms with van der Waals surface area (Å²) < 4.78 is 33.4. The maximum Gasteiger partial charge on any atom is 0.325 e. The van der Waals surface area contributed by atoms with Crippen LogP contribution in [0.2, 0.25) is 0 Å². The van der Waals surface area contributed by atoms with E-state index in [4.69, 9.17) is 4.74 Å². The number of piperidine rings is 1. The highest BCUT2D eigenvalue weighted by Gasteiger charge is 2.52. The van der Waals surface area contributed by atoms with Crippen LogP contribution < -0.4 is 14.8 Å². The third-order valence-electron chi connectivity index (χ3n) is 7.66. The number of amides is 3. The van der Waals surface area contributed by atoms with Gasteiger partial charge in [0.1, 0.15) is 11.3 Å². The summed E-state index contributed by atoms with van der Waals surface area (Å²) in [6.45, 7) is 2.22. The fraction of sp³-hybridized carbons (Fsp3) is 0.481. The molecule has 1 saturated carbocycles. The maximum absolute atomic E-state index is 13.3. The van der Waals surface area contributed by atoms with Gasteiger partial charge in [0.05, 0.1) is 18.9 Å². The zero-order valence-corrected chi connectivity index (χ0v) is 23.1. The third-order valence-corrected chi connectivity index (χ3v) is 9.62. The Labute approximate surface area is 230 Å². The molecule has 0 aromatic heterocycles. The molecular formula is C27H35ClN4O5S. The minimum atomic E-state index is -3.33. The van der Waals surface area contributed by atoms with E-state index in [1.807, 2.05) is 54.6 Å². The van der Waals surface area contributed by atoms with Gasteiger partial charge in [0.25, 0.3) is 5.91 Å². The Kier molecular flexibility index (Phi) is 8.66. The van der Waals surface area contributed by atoms with Gasteiger partial charge in [0.2, 0.25) is 10.0 Å². The van der Waals surface area contributed by atoms with E-state index >= 15 is 0 Å². The van der Waals surface area contributed by atoms with Crippen LogP contribution >= 0.6 is 12.4 Å². The van der Waals surface area contributed by atoms with Gasteiger partial charge in [-0.05, 0) is 61.9 Å². The molecule has 9 nitrogen and oxygen atoms in total. The van der Waals surface area contributed by atoms with Crippen LogP contribution in [0.5, 0.6) is 5.75 Å². The van der Waals surface area contributed by atoms with E-state index in [9.17, 15) is 18.0 Å². The topological polar surface area (TPSA) is 108 Å². The summed E-state index contributed by atoms with van der Waals surface area (Å²) in [4.78, 5) is 29.6. The lowest BCUT2D eigenvalue weighted by atomic mass is 9.87. The fourth-order valence-corrected chi connectivity index (χ4v) is 6.79. The van der Waals surface area contributed by atoms with Crippen molar-refractivity contribution in [2.75, 3.05) is 26.7 Å². The zero-order chi connectivity index (χ0) is 26.0. The van der Waals surface area contributed by atoms with Gasteiger partial charge in [-0.1, -0.05) is 42.5 Å². The number of nitrogens with one attached hydrogen (secondary N) is 2. The van der Waals surface area contributed by atoms with Gasteiger partial charge in [-0.3, -0.25) is 9.69 Å². The molecule has 2 heterocycles. The van der Waals surface area contributed by atoms with Gasteiger partial charge in [-0.2, -0.15) is 0 Å². The number of halogens is 1. The normalized spacial score (nSPS) is 20.2. The van der Waals surface area contributed by atoms with Crippen LogP contribution in [0, 0.1) is 0 Å². The number of carbonyl (C=O) groups excluding carboxylic acids is 2. The van der Waals surface area contributed by atoms with Crippen molar-refractivity contribution in [1.29, 1.82) is 0 Å². The molecule has 3 aliphatic rings. The van der Waals surface area contributed by atoms with Crippen molar-refractivity contribution in [2.24, 2.45) is 0 Å². The maximum atomic E-state index is 13.3. The predicted octanol–water partition coefficient (Wildman–Crippen LogP) is 3.22. The Morgan fingerprint density at radius 3 is 2.32 bits per heavy atom. The van der Waals surface area contributed by atoms with Crippen molar-refractivity contribution in [3.63, 3.8) is 0 Å². The number of rotatable bonds is 10. The summed E-state index contributed by atoms with van der Waals surface area (Å²) in [7, 11) is -1.73. The summed E-state index contributed by atoms with van der Waals surface area (Å²) in [5.41, 5.74) is 0.943. The highest BCUT2D eigenvalue weighted by atomic mass is 35.5. The molecule has 3 fully saturated rings. The lowest BCUT2D eigenvalue weighted by Gasteiger charge is -2.37. The van der Waals surface area contributed by atoms with Crippen molar-refractivity contribution in [1.82, 2.24) is 19.8 Å². The van der Waals surface area contributed by atoms with Crippen molar-refractivity contribution < 1.29 is 22.7 Å². The lowest BCUT2D eigenvalue weighted by molar-refractivity contribution is -0.133. The van der Waals surface area contributed by atoms with Gasteiger partial charge in [-0.25, -0.2) is 17.9 Å². The number of urea groups is 1. The monoisotopic (exact) mass is 562 g/mol. The molecule has 2 saturated heterocycles. The number of likely N-dealkylation sites (tertiary alicyclic amines) is 1. The molecule has 11 heteroatoms. The molecule has 206 valence electrons. The Balaban J connectivity index is 0.00000336. The van der Waals surface area contributed by atoms with E-state index < -0.39 is 15.6 Å². The van der Waals surface area contributed by atoms with Gasteiger partial charge in [-0.15, -0.1) is 12.4 Å². The van der Waals surface area contributed by atoms with Crippen molar-refractivity contribution in [3.05, 3.63) is 65.7 Å². The number of hydrogen-bond donors (Lipinski definition) is 2. The standard InChI is InChI=1S/C27H34N4O5S.ClH/c1-36-22-9-7-20(8-10-22)19-31-25(32)27(28-26(31)33)14-17-30(18-15-27)16-13-24(21-5-3-2-4-6-21)29-37(34,35)23-11-12-23;/h2-10,23-24,29H,11-19H2,1H3,(H,28,33);1H/t24-;/m0./s1. The summed E-state index contributed by atoms with van der Waals surface area (Å²) in [5, 5.41) is 2.70. The molecular weight excluding hydrogens is 528 g/mol. The quantitative estimate of drug-likeness (QED) is 0.431. The van der Waals surface area contributed by atoms with E-state index in [1.165, 1.54) is 4.90 Å². The first-order chi connectivity index (χ1) is 17.8. The molecule has 2 aromatic carbocycles. The van der Waals surface area contributed by atoms with E-state index in [0.717, 1.165) is 29.7 Å². The van der Waals surface area contributed by atoms with E-state index in [2.05, 4.69) is 14.9 Å². The number of carbonyl (C=O) groups is 2. The number of ether oxygens (including phenoxy) is 1. The average molecular weight is 563 g/mol. The minimum absolute atomic E-state index is 0. The van der Waals surface area contributed by atoms with Gasteiger partial charge in [0, 0.05) is 19.1 Å². The molecule has 2 aliphatic heterocycles. The van der Waals surface area contributed by atoms with Gasteiger partial charge < -0.3 is 15.0 Å². The number of sulfonamides is 1. The molecule has 3 amide bonds. The van der Waals surface area contributed by atoms with Crippen molar-refractivity contribution in [3.8, 4) is 5.75 Å². The van der Waals surface area contributed by atoms with E-state index in [1.54, 1.807) is 7.11 Å². The largest absolute Gasteiger partial charge is 0.497 e. The summed E-state index contributed by atoms with van der Waals surface area (Å²) >= 11 is 0. The molecule has 5 rings (SSSR count). The van der Waals surface area contributed by atoms with Crippen LogP contribution in [-0.2, 0) is 21.4 Å². The van der Waals surface area contributed by atoms with Crippen LogP contribution in [0.25, 0.3) is 0 Å². The zero-order valence-electron chi connectivity index (χ0n) is 21.5. The van der Waals surface area contributed by atoms with Gasteiger partial charge >= 0.3 is 6.03 Å². The van der Waals surface area contributed by atoms with Crippen molar-refractivity contribution in [2.45, 2.75) is 55.5 Å². The first-order valence-corrected chi connectivity index (χ1v) is 14.4. The number of nitrogens with zero attached hydrogens (tertiary/aromatic N) is 2. The average Bonchev–Trinajstić information content (AvgIpc) is 3.75. The second-order valence-electron chi connectivity index (χ2n) is 10.2. The first-order valence-electron chi connectivity index (χ1n) is 12.9. The molecule has 2 N–H and O–H groups in total. The van der Waals surface area contributed by atoms with Crippen LogP contribution in [0.4, 0.5) is 4.79 Å². The SMILES string of the molecule is COc1ccc(CN2C(=O)NC3(CCN(CC[C@H](NS(=O)(=O)C4CC4)c4ccccc4)CC3)C2=O)cc1.Cl. The minimum Gasteiger partial charge on any atom is -0.497 e. The Morgan fingerprint density at radius 2 is 1.71 bits per heavy atom. The number of imide groups is 1. The molecule has 0 bridgehead atoms. The van der Waals surface area contributed by atoms with Crippen LogP contribution in [0.3, 0.4) is 0 Å². The van der Waals surface area contributed by atoms with Crippen LogP contribution in [0.15, 0.2) is 54.6 Å². The summed E-state index contributed by atoms with van der Waals surface area (Å²) in [6.07, 6.45) is 3.13. The third kappa shape index (κ3) is 6.14. The second-order valence-corrected chi connectivity index (χ2v) is 12.2. The highest BCUT2D eigenvalue weighted by Crippen LogP contribution is 2.32. The molecule has 0 radical (unpaired) electrons. The Bertz CT molecular complexity index is 1230. The van der Waals surface area contributed by atoms with Crippen molar-refractivity contribution >= 4 is 34.4 Å². The smallest absolute Gasteiger partial charge is 0.325 e. The Morgan fingerprint density at radius 1 is 1.05 bits per heavy atom. The number of methoxy groups -OCH3 is 1. The van der Waals surface area contributed by atoms with E-state index in [-0.39, 0.29) is 42.2 Å². The number of hydrogen-bond acceptors (Lipinski definition) is 6. The second kappa shape index (κ2) is 11.6. The lowest BCUT2D eigenvalue weighted by Crippen LogP contribution is -2.55. The number of benzene rings is 2. The summed E-state index contributed by atoms with van der Waals surface area (Å²) in [5.74, 6) is 0.548. The summed E-state index contributed by atoms with van der Waals surface area (Å²) in [6, 6.07) is 16.4. The molecule has 38 heavy (non-hydrogen) atoms. The fourth-order valence-electron chi connectivity index (χ4n) is 5.19. The molecule has 1 spiro atoms. The molecule has 2 aromatic rings. The first kappa shape index (κ1) is 28.4. The van der Waals surface area contributed by atoms with Gasteiger partial charge in [0.15, 0.2) is 0 Å². The molecule has 1 atom stereocenters. The van der Waals surface area contributed by atoms with Crippen LogP contribution in [-0.4, -0.2) is 67.7 Å². The van der Waals surface area contributed by atoms with E-state index in [0.29, 0.717) is 38.9 Å². The highest BCUT2D eigenvalue weighted by molar-refractivity contribution is 7.90. The molecule has 0 unspecified atom stereocenters. The predicted molar refractivity (Wildman–Crippen MR) is 147 cm³/mol. The van der Waals surface area contributed by atoms with Crippen LogP contribution in [0.1, 0.15) is 49.3 Å². The Hall–Kier alpha value is -2.66.